The van der Waals surface area contributed by atoms with E-state index in [1.165, 1.54) is 12.8 Å². The number of rotatable bonds is 5. The molecule has 0 bridgehead atoms. The molecule has 1 rings (SSSR count). The zero-order valence-electron chi connectivity index (χ0n) is 9.42. The molecule has 0 aliphatic carbocycles. The van der Waals surface area contributed by atoms with Gasteiger partial charge in [-0.1, -0.05) is 6.92 Å². The van der Waals surface area contributed by atoms with Crippen LogP contribution in [0, 0.1) is 0 Å². The molecule has 1 aliphatic rings. The lowest BCUT2D eigenvalue weighted by molar-refractivity contribution is -0.0975. The highest BCUT2D eigenvalue weighted by molar-refractivity contribution is 4.75. The minimum absolute atomic E-state index is 0.166. The van der Waals surface area contributed by atoms with Crippen LogP contribution in [0.4, 0.5) is 0 Å². The summed E-state index contributed by atoms with van der Waals surface area (Å²) >= 11 is 0. The Morgan fingerprint density at radius 2 is 2.29 bits per heavy atom. The molecule has 3 nitrogen and oxygen atoms in total. The van der Waals surface area contributed by atoms with E-state index >= 15 is 0 Å². The molecule has 84 valence electrons. The van der Waals surface area contributed by atoms with Gasteiger partial charge in [-0.05, 0) is 32.6 Å². The van der Waals surface area contributed by atoms with Crippen LogP contribution in [0.1, 0.15) is 39.5 Å². The summed E-state index contributed by atoms with van der Waals surface area (Å²) in [7, 11) is 0. The third-order valence-electron chi connectivity index (χ3n) is 3.07. The molecule has 0 aromatic heterocycles. The molecule has 0 saturated carbocycles. The van der Waals surface area contributed by atoms with Crippen molar-refractivity contribution in [3.05, 3.63) is 0 Å². The first-order chi connectivity index (χ1) is 6.70. The van der Waals surface area contributed by atoms with E-state index in [1.54, 1.807) is 0 Å². The molecule has 2 atom stereocenters. The van der Waals surface area contributed by atoms with Crippen LogP contribution in [0.2, 0.25) is 0 Å². The molecule has 2 N–H and O–H groups in total. The highest BCUT2D eigenvalue weighted by Gasteiger charge is 2.23. The van der Waals surface area contributed by atoms with Gasteiger partial charge in [0, 0.05) is 13.2 Å². The van der Waals surface area contributed by atoms with E-state index in [2.05, 4.69) is 13.8 Å². The third-order valence-corrected chi connectivity index (χ3v) is 3.07. The van der Waals surface area contributed by atoms with Gasteiger partial charge in [0.15, 0.2) is 0 Å². The van der Waals surface area contributed by atoms with Crippen molar-refractivity contribution in [2.45, 2.75) is 51.2 Å². The molecule has 0 spiro atoms. The van der Waals surface area contributed by atoms with Crippen LogP contribution in [-0.2, 0) is 9.47 Å². The van der Waals surface area contributed by atoms with Gasteiger partial charge in [0.1, 0.15) is 0 Å². The maximum atomic E-state index is 5.82. The molecule has 1 heterocycles. The Morgan fingerprint density at radius 3 is 2.79 bits per heavy atom. The molecular weight excluding hydrogens is 178 g/mol. The Morgan fingerprint density at radius 1 is 1.50 bits per heavy atom. The maximum Gasteiger partial charge on any atom is 0.0808 e. The smallest absolute Gasteiger partial charge is 0.0808 e. The van der Waals surface area contributed by atoms with Crippen molar-refractivity contribution in [2.24, 2.45) is 5.73 Å². The molecule has 0 radical (unpaired) electrons. The fourth-order valence-electron chi connectivity index (χ4n) is 1.54. The van der Waals surface area contributed by atoms with E-state index in [0.29, 0.717) is 19.3 Å². The monoisotopic (exact) mass is 201 g/mol. The minimum atomic E-state index is -0.166. The van der Waals surface area contributed by atoms with E-state index in [0.717, 1.165) is 19.4 Å². The molecular formula is C11H23NO2. The zero-order chi connectivity index (χ0) is 10.4. The summed E-state index contributed by atoms with van der Waals surface area (Å²) < 4.78 is 11.4. The standard InChI is InChI=1S/C11H23NO2/c1-3-11(2,9-12)14-8-10-6-4-5-7-13-10/h10H,3-9,12H2,1-2H3. The van der Waals surface area contributed by atoms with E-state index in [9.17, 15) is 0 Å². The SMILES string of the molecule is CCC(C)(CN)OCC1CCCCO1. The normalized spacial score (nSPS) is 27.2. The Labute approximate surface area is 86.9 Å². The van der Waals surface area contributed by atoms with Gasteiger partial charge in [-0.25, -0.2) is 0 Å². The van der Waals surface area contributed by atoms with Gasteiger partial charge in [-0.15, -0.1) is 0 Å². The predicted octanol–water partition coefficient (Wildman–Crippen LogP) is 1.70. The van der Waals surface area contributed by atoms with Crippen LogP contribution >= 0.6 is 0 Å². The summed E-state index contributed by atoms with van der Waals surface area (Å²) in [4.78, 5) is 0. The Hall–Kier alpha value is -0.120. The van der Waals surface area contributed by atoms with Crippen molar-refractivity contribution in [2.75, 3.05) is 19.8 Å². The Kier molecular flexibility index (Phi) is 4.85. The van der Waals surface area contributed by atoms with Crippen molar-refractivity contribution in [1.29, 1.82) is 0 Å². The van der Waals surface area contributed by atoms with Gasteiger partial charge in [0.25, 0.3) is 0 Å². The summed E-state index contributed by atoms with van der Waals surface area (Å²) in [5.74, 6) is 0. The van der Waals surface area contributed by atoms with Crippen LogP contribution in [0.3, 0.4) is 0 Å². The first-order valence-electron chi connectivity index (χ1n) is 5.66. The molecule has 3 heteroatoms. The molecule has 0 aromatic carbocycles. The van der Waals surface area contributed by atoms with Gasteiger partial charge in [-0.3, -0.25) is 0 Å². The van der Waals surface area contributed by atoms with Crippen LogP contribution in [0.15, 0.2) is 0 Å². The summed E-state index contributed by atoms with van der Waals surface area (Å²) in [6, 6.07) is 0. The zero-order valence-corrected chi connectivity index (χ0v) is 9.42. The molecule has 1 aliphatic heterocycles. The number of hydrogen-bond acceptors (Lipinski definition) is 3. The minimum Gasteiger partial charge on any atom is -0.376 e. The van der Waals surface area contributed by atoms with Gasteiger partial charge in [0.05, 0.1) is 18.3 Å². The average Bonchev–Trinajstić information content (AvgIpc) is 2.27. The van der Waals surface area contributed by atoms with Gasteiger partial charge in [-0.2, -0.15) is 0 Å². The molecule has 1 saturated heterocycles. The lowest BCUT2D eigenvalue weighted by atomic mass is 10.0. The summed E-state index contributed by atoms with van der Waals surface area (Å²) in [6.45, 7) is 6.33. The van der Waals surface area contributed by atoms with Gasteiger partial charge < -0.3 is 15.2 Å². The second-order valence-corrected chi connectivity index (χ2v) is 4.31. The number of nitrogens with two attached hydrogens (primary N) is 1. The average molecular weight is 201 g/mol. The predicted molar refractivity (Wildman–Crippen MR) is 57.3 cm³/mol. The van der Waals surface area contributed by atoms with Gasteiger partial charge >= 0.3 is 0 Å². The molecule has 2 unspecified atom stereocenters. The number of ether oxygens (including phenoxy) is 2. The Balaban J connectivity index is 2.23. The molecule has 14 heavy (non-hydrogen) atoms. The van der Waals surface area contributed by atoms with Crippen molar-refractivity contribution in [3.63, 3.8) is 0 Å². The lowest BCUT2D eigenvalue weighted by Crippen LogP contribution is -2.40. The highest BCUT2D eigenvalue weighted by Crippen LogP contribution is 2.18. The fourth-order valence-corrected chi connectivity index (χ4v) is 1.54. The van der Waals surface area contributed by atoms with Gasteiger partial charge in [0.2, 0.25) is 0 Å². The summed E-state index contributed by atoms with van der Waals surface area (Å²) in [5.41, 5.74) is 5.50. The van der Waals surface area contributed by atoms with E-state index in [1.807, 2.05) is 0 Å². The van der Waals surface area contributed by atoms with Crippen molar-refractivity contribution < 1.29 is 9.47 Å². The van der Waals surface area contributed by atoms with Crippen LogP contribution in [0.5, 0.6) is 0 Å². The summed E-state index contributed by atoms with van der Waals surface area (Å²) in [5, 5.41) is 0. The topological polar surface area (TPSA) is 44.5 Å². The molecule has 0 amide bonds. The van der Waals surface area contributed by atoms with Crippen molar-refractivity contribution in [3.8, 4) is 0 Å². The van der Waals surface area contributed by atoms with E-state index in [4.69, 9.17) is 15.2 Å². The lowest BCUT2D eigenvalue weighted by Gasteiger charge is -2.30. The molecule has 1 fully saturated rings. The first kappa shape index (κ1) is 12.0. The second kappa shape index (κ2) is 5.69. The van der Waals surface area contributed by atoms with Crippen molar-refractivity contribution >= 4 is 0 Å². The molecule has 0 aromatic rings. The van der Waals surface area contributed by atoms with Crippen molar-refractivity contribution in [1.82, 2.24) is 0 Å². The fraction of sp³-hybridized carbons (Fsp3) is 1.00. The largest absolute Gasteiger partial charge is 0.376 e. The van der Waals surface area contributed by atoms with Crippen LogP contribution in [-0.4, -0.2) is 31.5 Å². The second-order valence-electron chi connectivity index (χ2n) is 4.31. The van der Waals surface area contributed by atoms with E-state index in [-0.39, 0.29) is 5.60 Å². The maximum absolute atomic E-state index is 5.82. The van der Waals surface area contributed by atoms with E-state index < -0.39 is 0 Å². The Bertz CT molecular complexity index is 151. The summed E-state index contributed by atoms with van der Waals surface area (Å²) in [6.07, 6.45) is 4.83. The van der Waals surface area contributed by atoms with Crippen LogP contribution in [0.25, 0.3) is 0 Å². The number of hydrogen-bond donors (Lipinski definition) is 1. The van der Waals surface area contributed by atoms with Crippen LogP contribution < -0.4 is 5.73 Å². The highest BCUT2D eigenvalue weighted by atomic mass is 16.5. The quantitative estimate of drug-likeness (QED) is 0.736. The third kappa shape index (κ3) is 3.56. The first-order valence-corrected chi connectivity index (χ1v) is 5.66.